The van der Waals surface area contributed by atoms with Crippen molar-refractivity contribution in [3.63, 3.8) is 0 Å². The molecule has 1 N–H and O–H groups in total. The molecule has 2 aromatic rings. The Morgan fingerprint density at radius 3 is 2.90 bits per heavy atom. The average molecular weight is 293 g/mol. The summed E-state index contributed by atoms with van der Waals surface area (Å²) in [5.41, 5.74) is 0. The number of carbonyl (C=O) groups excluding carboxylic acids is 1. The Kier molecular flexibility index (Phi) is 3.01. The minimum atomic E-state index is -3.96. The van der Waals surface area contributed by atoms with Gasteiger partial charge < -0.3 is 4.42 Å². The molecule has 1 saturated carbocycles. The number of nitrogens with zero attached hydrogens (tertiary/aromatic N) is 2. The predicted molar refractivity (Wildman–Crippen MR) is 66.9 cm³/mol. The van der Waals surface area contributed by atoms with Crippen LogP contribution < -0.4 is 4.72 Å². The van der Waals surface area contributed by atoms with Gasteiger partial charge in [0.25, 0.3) is 10.0 Å². The van der Waals surface area contributed by atoms with Crippen LogP contribution in [0.5, 0.6) is 0 Å². The van der Waals surface area contributed by atoms with Crippen LogP contribution in [0.1, 0.15) is 18.1 Å². The van der Waals surface area contributed by atoms with Crippen molar-refractivity contribution in [2.45, 2.75) is 17.4 Å². The normalized spacial score (nSPS) is 21.4. The maximum atomic E-state index is 11.9. The number of aromatic nitrogens is 2. The van der Waals surface area contributed by atoms with Crippen LogP contribution in [0.4, 0.5) is 0 Å². The zero-order chi connectivity index (χ0) is 14.2. The van der Waals surface area contributed by atoms with Crippen LogP contribution in [0.2, 0.25) is 0 Å². The molecule has 0 unspecified atom stereocenters. The van der Waals surface area contributed by atoms with Crippen LogP contribution in [0.15, 0.2) is 46.4 Å². The number of hydrogen-bond donors (Lipinski definition) is 1. The number of sulfonamides is 1. The van der Waals surface area contributed by atoms with Gasteiger partial charge in [0.05, 0.1) is 12.5 Å². The fourth-order valence-electron chi connectivity index (χ4n) is 1.99. The molecule has 8 heteroatoms. The van der Waals surface area contributed by atoms with Crippen molar-refractivity contribution in [2.24, 2.45) is 5.92 Å². The van der Waals surface area contributed by atoms with E-state index < -0.39 is 15.9 Å². The third-order valence-corrected chi connectivity index (χ3v) is 4.32. The molecular formula is C12H11N3O4S. The molecule has 2 atom stereocenters. The minimum Gasteiger partial charge on any atom is -0.469 e. The molecule has 7 nitrogen and oxygen atoms in total. The molecule has 1 aliphatic carbocycles. The van der Waals surface area contributed by atoms with Gasteiger partial charge in [0.1, 0.15) is 5.76 Å². The van der Waals surface area contributed by atoms with E-state index in [1.165, 1.54) is 18.7 Å². The quantitative estimate of drug-likeness (QED) is 0.889. The van der Waals surface area contributed by atoms with E-state index in [2.05, 4.69) is 9.97 Å². The number of amides is 1. The van der Waals surface area contributed by atoms with Gasteiger partial charge in [-0.3, -0.25) is 9.78 Å². The van der Waals surface area contributed by atoms with Gasteiger partial charge in [-0.25, -0.2) is 9.71 Å². The molecule has 1 aliphatic rings. The lowest BCUT2D eigenvalue weighted by molar-refractivity contribution is -0.120. The highest BCUT2D eigenvalue weighted by Gasteiger charge is 2.47. The smallest absolute Gasteiger partial charge is 0.283 e. The zero-order valence-electron chi connectivity index (χ0n) is 10.3. The molecule has 0 spiro atoms. The predicted octanol–water partition coefficient (Wildman–Crippen LogP) is 0.678. The Labute approximate surface area is 115 Å². The first-order valence-corrected chi connectivity index (χ1v) is 7.42. The van der Waals surface area contributed by atoms with Crippen molar-refractivity contribution in [1.82, 2.24) is 14.7 Å². The van der Waals surface area contributed by atoms with E-state index in [0.29, 0.717) is 12.2 Å². The number of nitrogens with one attached hydrogen (secondary N) is 1. The van der Waals surface area contributed by atoms with Gasteiger partial charge in [0.2, 0.25) is 5.91 Å². The minimum absolute atomic E-state index is 0.0537. The number of hydrogen-bond acceptors (Lipinski definition) is 6. The lowest BCUT2D eigenvalue weighted by Gasteiger charge is -2.04. The Morgan fingerprint density at radius 2 is 2.25 bits per heavy atom. The fourth-order valence-corrected chi connectivity index (χ4v) is 2.91. The molecule has 2 heterocycles. The first-order valence-electron chi connectivity index (χ1n) is 5.94. The molecule has 0 bridgehead atoms. The largest absolute Gasteiger partial charge is 0.469 e. The summed E-state index contributed by atoms with van der Waals surface area (Å²) in [4.78, 5) is 19.3. The lowest BCUT2D eigenvalue weighted by atomic mass is 10.2. The van der Waals surface area contributed by atoms with E-state index in [0.717, 1.165) is 6.20 Å². The van der Waals surface area contributed by atoms with Crippen LogP contribution in [-0.4, -0.2) is 24.3 Å². The molecule has 20 heavy (non-hydrogen) atoms. The molecule has 1 amide bonds. The standard InChI is InChI=1S/C12H11N3O4S/c16-12(9-6-8(9)10-2-1-5-19-10)15-20(17,18)11-7-13-3-4-14-11/h1-5,7-9H,6H2,(H,15,16)/t8-,9+/m0/s1. The summed E-state index contributed by atoms with van der Waals surface area (Å²) in [7, 11) is -3.96. The van der Waals surface area contributed by atoms with E-state index in [-0.39, 0.29) is 16.9 Å². The van der Waals surface area contributed by atoms with Gasteiger partial charge >= 0.3 is 0 Å². The second-order valence-corrected chi connectivity index (χ2v) is 6.11. The number of rotatable bonds is 4. The van der Waals surface area contributed by atoms with Gasteiger partial charge in [-0.05, 0) is 18.6 Å². The van der Waals surface area contributed by atoms with Gasteiger partial charge in [0.15, 0.2) is 5.03 Å². The summed E-state index contributed by atoms with van der Waals surface area (Å²) in [6.45, 7) is 0. The van der Waals surface area contributed by atoms with E-state index >= 15 is 0 Å². The van der Waals surface area contributed by atoms with Crippen molar-refractivity contribution in [2.75, 3.05) is 0 Å². The monoisotopic (exact) mass is 293 g/mol. The summed E-state index contributed by atoms with van der Waals surface area (Å²) in [5.74, 6) is -0.284. The molecule has 0 radical (unpaired) electrons. The number of furan rings is 1. The molecule has 0 saturated heterocycles. The number of carbonyl (C=O) groups is 1. The lowest BCUT2D eigenvalue weighted by Crippen LogP contribution is -2.32. The van der Waals surface area contributed by atoms with Crippen molar-refractivity contribution in [3.05, 3.63) is 42.7 Å². The third kappa shape index (κ3) is 2.42. The van der Waals surface area contributed by atoms with Crippen LogP contribution in [0, 0.1) is 5.92 Å². The van der Waals surface area contributed by atoms with Crippen LogP contribution >= 0.6 is 0 Å². The fraction of sp³-hybridized carbons (Fsp3) is 0.250. The van der Waals surface area contributed by atoms with Gasteiger partial charge in [-0.2, -0.15) is 8.42 Å². The van der Waals surface area contributed by atoms with Crippen LogP contribution in [0.3, 0.4) is 0 Å². The van der Waals surface area contributed by atoms with Crippen molar-refractivity contribution in [3.8, 4) is 0 Å². The molecule has 104 valence electrons. The van der Waals surface area contributed by atoms with Gasteiger partial charge in [-0.15, -0.1) is 0 Å². The van der Waals surface area contributed by atoms with Crippen LogP contribution in [0.25, 0.3) is 0 Å². The zero-order valence-corrected chi connectivity index (χ0v) is 11.1. The van der Waals surface area contributed by atoms with Gasteiger partial charge in [0, 0.05) is 24.2 Å². The summed E-state index contributed by atoms with van der Waals surface area (Å²) in [6.07, 6.45) is 5.80. The second-order valence-electron chi connectivity index (χ2n) is 4.48. The average Bonchev–Trinajstić information content (AvgIpc) is 3.06. The first kappa shape index (κ1) is 12.8. The topological polar surface area (TPSA) is 102 Å². The molecular weight excluding hydrogens is 282 g/mol. The molecule has 1 fully saturated rings. The van der Waals surface area contributed by atoms with Crippen molar-refractivity contribution in [1.29, 1.82) is 0 Å². The Morgan fingerprint density at radius 1 is 1.40 bits per heavy atom. The molecule has 2 aromatic heterocycles. The summed E-state index contributed by atoms with van der Waals surface area (Å²) < 4.78 is 31.0. The highest BCUT2D eigenvalue weighted by atomic mass is 32.2. The summed E-state index contributed by atoms with van der Waals surface area (Å²) in [5, 5.41) is -0.274. The highest BCUT2D eigenvalue weighted by molar-refractivity contribution is 7.90. The van der Waals surface area contributed by atoms with Gasteiger partial charge in [-0.1, -0.05) is 0 Å². The van der Waals surface area contributed by atoms with E-state index in [9.17, 15) is 13.2 Å². The Balaban J connectivity index is 1.69. The highest BCUT2D eigenvalue weighted by Crippen LogP contribution is 2.47. The van der Waals surface area contributed by atoms with Crippen molar-refractivity contribution < 1.29 is 17.6 Å². The SMILES string of the molecule is O=C(NS(=O)(=O)c1cnccn1)[C@@H]1C[C@@H]1c1ccco1. The summed E-state index contributed by atoms with van der Waals surface area (Å²) in [6, 6.07) is 3.51. The third-order valence-electron chi connectivity index (χ3n) is 3.09. The summed E-state index contributed by atoms with van der Waals surface area (Å²) >= 11 is 0. The maximum Gasteiger partial charge on any atom is 0.283 e. The first-order chi connectivity index (χ1) is 9.58. The van der Waals surface area contributed by atoms with E-state index in [1.807, 2.05) is 4.72 Å². The molecule has 0 aliphatic heterocycles. The van der Waals surface area contributed by atoms with Crippen LogP contribution in [-0.2, 0) is 14.8 Å². The van der Waals surface area contributed by atoms with Crippen molar-refractivity contribution >= 4 is 15.9 Å². The Bertz CT molecular complexity index is 712. The second kappa shape index (κ2) is 4.71. The van der Waals surface area contributed by atoms with E-state index in [1.54, 1.807) is 12.1 Å². The maximum absolute atomic E-state index is 11.9. The Hall–Kier alpha value is -2.22. The molecule has 3 rings (SSSR count). The van der Waals surface area contributed by atoms with E-state index in [4.69, 9.17) is 4.42 Å². The molecule has 0 aromatic carbocycles.